The Morgan fingerprint density at radius 1 is 0.812 bits per heavy atom. The third-order valence-electron chi connectivity index (χ3n) is 5.68. The molecule has 156 valence electrons. The highest BCUT2D eigenvalue weighted by Crippen LogP contribution is 2.26. The predicted molar refractivity (Wildman–Crippen MR) is 128 cm³/mol. The van der Waals surface area contributed by atoms with E-state index in [2.05, 4.69) is 35.3 Å². The summed E-state index contributed by atoms with van der Waals surface area (Å²) in [6, 6.07) is 29.6. The standard InChI is InChI=1S/C27H22N4O/c1-18-10-8-17-24(19(18)2)31-26(21-12-4-3-5-13-21)29-25(30-31)27(32)28-23-16-9-14-20-11-6-7-15-22(20)23/h3-17H,1-2H3,(H,28,32). The average molecular weight is 419 g/mol. The monoisotopic (exact) mass is 418 g/mol. The number of anilines is 1. The van der Waals surface area contributed by atoms with Crippen molar-refractivity contribution in [3.8, 4) is 17.1 Å². The van der Waals surface area contributed by atoms with Crippen molar-refractivity contribution in [3.05, 3.63) is 108 Å². The van der Waals surface area contributed by atoms with Gasteiger partial charge in [-0.05, 0) is 42.5 Å². The molecule has 4 aromatic carbocycles. The SMILES string of the molecule is Cc1cccc(-n2nc(C(=O)Nc3cccc4ccccc34)nc2-c2ccccc2)c1C. The molecule has 1 N–H and O–H groups in total. The number of benzene rings is 4. The molecule has 0 aliphatic heterocycles. The number of hydrogen-bond donors (Lipinski definition) is 1. The number of rotatable bonds is 4. The van der Waals surface area contributed by atoms with Crippen LogP contribution in [-0.2, 0) is 0 Å². The van der Waals surface area contributed by atoms with Gasteiger partial charge in [-0.3, -0.25) is 4.79 Å². The third-order valence-corrected chi connectivity index (χ3v) is 5.68. The van der Waals surface area contributed by atoms with E-state index < -0.39 is 0 Å². The van der Waals surface area contributed by atoms with E-state index >= 15 is 0 Å². The van der Waals surface area contributed by atoms with Crippen LogP contribution in [0.2, 0.25) is 0 Å². The van der Waals surface area contributed by atoms with Crippen molar-refractivity contribution in [2.45, 2.75) is 13.8 Å². The molecule has 1 heterocycles. The molecule has 0 spiro atoms. The summed E-state index contributed by atoms with van der Waals surface area (Å²) in [5.41, 5.74) is 4.78. The molecular formula is C27H22N4O. The molecule has 0 saturated heterocycles. The van der Waals surface area contributed by atoms with Crippen molar-refractivity contribution in [1.82, 2.24) is 14.8 Å². The summed E-state index contributed by atoms with van der Waals surface area (Å²) in [5, 5.41) is 9.65. The molecular weight excluding hydrogens is 396 g/mol. The first-order valence-corrected chi connectivity index (χ1v) is 10.5. The Bertz CT molecular complexity index is 1430. The lowest BCUT2D eigenvalue weighted by Gasteiger charge is -2.11. The van der Waals surface area contributed by atoms with Gasteiger partial charge in [0.2, 0.25) is 5.82 Å². The minimum Gasteiger partial charge on any atom is -0.319 e. The fraction of sp³-hybridized carbons (Fsp3) is 0.0741. The first-order valence-electron chi connectivity index (χ1n) is 10.5. The lowest BCUT2D eigenvalue weighted by molar-refractivity contribution is 0.101. The summed E-state index contributed by atoms with van der Waals surface area (Å²) >= 11 is 0. The summed E-state index contributed by atoms with van der Waals surface area (Å²) < 4.78 is 1.76. The van der Waals surface area contributed by atoms with E-state index in [1.165, 1.54) is 0 Å². The number of hydrogen-bond acceptors (Lipinski definition) is 3. The number of amides is 1. The largest absolute Gasteiger partial charge is 0.319 e. The van der Waals surface area contributed by atoms with Crippen LogP contribution in [0.25, 0.3) is 27.8 Å². The zero-order valence-corrected chi connectivity index (χ0v) is 17.9. The fourth-order valence-corrected chi connectivity index (χ4v) is 3.83. The Morgan fingerprint density at radius 2 is 1.53 bits per heavy atom. The quantitative estimate of drug-likeness (QED) is 0.392. The van der Waals surface area contributed by atoms with Crippen LogP contribution in [0.5, 0.6) is 0 Å². The number of carbonyl (C=O) groups is 1. The van der Waals surface area contributed by atoms with Gasteiger partial charge < -0.3 is 5.32 Å². The normalized spacial score (nSPS) is 10.9. The van der Waals surface area contributed by atoms with Gasteiger partial charge in [-0.15, -0.1) is 5.10 Å². The van der Waals surface area contributed by atoms with E-state index in [1.54, 1.807) is 4.68 Å². The van der Waals surface area contributed by atoms with E-state index in [0.29, 0.717) is 5.82 Å². The molecule has 1 aromatic heterocycles. The second-order valence-electron chi connectivity index (χ2n) is 7.74. The Kier molecular flexibility index (Phi) is 5.00. The van der Waals surface area contributed by atoms with Crippen LogP contribution < -0.4 is 5.32 Å². The fourth-order valence-electron chi connectivity index (χ4n) is 3.83. The summed E-state index contributed by atoms with van der Waals surface area (Å²) in [6.45, 7) is 4.11. The van der Waals surface area contributed by atoms with Gasteiger partial charge in [0, 0.05) is 16.6 Å². The zero-order valence-electron chi connectivity index (χ0n) is 17.9. The van der Waals surface area contributed by atoms with Gasteiger partial charge in [0.1, 0.15) is 0 Å². The van der Waals surface area contributed by atoms with Crippen molar-refractivity contribution in [2.24, 2.45) is 0 Å². The summed E-state index contributed by atoms with van der Waals surface area (Å²) in [7, 11) is 0. The maximum atomic E-state index is 13.2. The van der Waals surface area contributed by atoms with Gasteiger partial charge in [0.15, 0.2) is 5.82 Å². The van der Waals surface area contributed by atoms with E-state index in [4.69, 9.17) is 0 Å². The molecule has 32 heavy (non-hydrogen) atoms. The number of nitrogens with zero attached hydrogens (tertiary/aromatic N) is 3. The molecule has 0 radical (unpaired) electrons. The van der Waals surface area contributed by atoms with Crippen molar-refractivity contribution >= 4 is 22.4 Å². The van der Waals surface area contributed by atoms with Crippen LogP contribution in [-0.4, -0.2) is 20.7 Å². The molecule has 5 rings (SSSR count). The highest BCUT2D eigenvalue weighted by molar-refractivity contribution is 6.07. The number of fused-ring (bicyclic) bond motifs is 1. The average Bonchev–Trinajstić information content (AvgIpc) is 3.27. The van der Waals surface area contributed by atoms with Gasteiger partial charge in [-0.25, -0.2) is 9.67 Å². The zero-order chi connectivity index (χ0) is 22.1. The minimum atomic E-state index is -0.345. The molecule has 0 saturated carbocycles. The molecule has 0 aliphatic carbocycles. The van der Waals surface area contributed by atoms with Crippen LogP contribution in [0.1, 0.15) is 21.7 Å². The topological polar surface area (TPSA) is 59.8 Å². The highest BCUT2D eigenvalue weighted by atomic mass is 16.2. The van der Waals surface area contributed by atoms with E-state index in [-0.39, 0.29) is 11.7 Å². The van der Waals surface area contributed by atoms with Gasteiger partial charge in [0.05, 0.1) is 5.69 Å². The Hall–Kier alpha value is -4.25. The number of carbonyl (C=O) groups excluding carboxylic acids is 1. The molecule has 5 heteroatoms. The maximum absolute atomic E-state index is 13.2. The van der Waals surface area contributed by atoms with Crippen molar-refractivity contribution in [3.63, 3.8) is 0 Å². The molecule has 1 amide bonds. The van der Waals surface area contributed by atoms with Crippen molar-refractivity contribution in [2.75, 3.05) is 5.32 Å². The first-order chi connectivity index (χ1) is 15.6. The van der Waals surface area contributed by atoms with Crippen LogP contribution in [0.4, 0.5) is 5.69 Å². The van der Waals surface area contributed by atoms with Crippen LogP contribution in [0.15, 0.2) is 91.0 Å². The maximum Gasteiger partial charge on any atom is 0.295 e. The highest BCUT2D eigenvalue weighted by Gasteiger charge is 2.20. The van der Waals surface area contributed by atoms with E-state index in [1.807, 2.05) is 84.9 Å². The van der Waals surface area contributed by atoms with Gasteiger partial charge in [0.25, 0.3) is 5.91 Å². The molecule has 0 fully saturated rings. The molecule has 5 aromatic rings. The van der Waals surface area contributed by atoms with Gasteiger partial charge >= 0.3 is 0 Å². The van der Waals surface area contributed by atoms with Crippen LogP contribution in [0.3, 0.4) is 0 Å². The summed E-state index contributed by atoms with van der Waals surface area (Å²) in [4.78, 5) is 17.8. The Balaban J connectivity index is 1.60. The lowest BCUT2D eigenvalue weighted by atomic mass is 10.1. The summed E-state index contributed by atoms with van der Waals surface area (Å²) in [5.74, 6) is 0.405. The van der Waals surface area contributed by atoms with Gasteiger partial charge in [-0.2, -0.15) is 0 Å². The molecule has 0 unspecified atom stereocenters. The lowest BCUT2D eigenvalue weighted by Crippen LogP contribution is -2.14. The van der Waals surface area contributed by atoms with E-state index in [9.17, 15) is 4.79 Å². The number of aromatic nitrogens is 3. The smallest absolute Gasteiger partial charge is 0.295 e. The van der Waals surface area contributed by atoms with E-state index in [0.717, 1.165) is 38.8 Å². The minimum absolute atomic E-state index is 0.123. The third kappa shape index (κ3) is 3.54. The van der Waals surface area contributed by atoms with Gasteiger partial charge in [-0.1, -0.05) is 78.9 Å². The van der Waals surface area contributed by atoms with Crippen molar-refractivity contribution in [1.29, 1.82) is 0 Å². The Morgan fingerprint density at radius 3 is 2.38 bits per heavy atom. The summed E-state index contributed by atoms with van der Waals surface area (Å²) in [6.07, 6.45) is 0. The second-order valence-corrected chi connectivity index (χ2v) is 7.74. The second kappa shape index (κ2) is 8.12. The predicted octanol–water partition coefficient (Wildman–Crippen LogP) is 5.96. The molecule has 5 nitrogen and oxygen atoms in total. The first kappa shape index (κ1) is 19.7. The molecule has 0 bridgehead atoms. The molecule has 0 atom stereocenters. The number of nitrogens with one attached hydrogen (secondary N) is 1. The Labute approximate surface area is 186 Å². The number of aryl methyl sites for hydroxylation is 1. The van der Waals surface area contributed by atoms with Crippen molar-refractivity contribution < 1.29 is 4.79 Å². The molecule has 0 aliphatic rings. The van der Waals surface area contributed by atoms with Crippen LogP contribution in [0, 0.1) is 13.8 Å². The van der Waals surface area contributed by atoms with Crippen LogP contribution >= 0.6 is 0 Å².